The predicted octanol–water partition coefficient (Wildman–Crippen LogP) is 3.20. The second-order valence-corrected chi connectivity index (χ2v) is 10.6. The maximum absolute atomic E-state index is 13.3. The molecule has 0 aromatic carbocycles. The minimum atomic E-state index is -0.815. The Labute approximate surface area is 233 Å². The van der Waals surface area contributed by atoms with Crippen LogP contribution in [0, 0.1) is 6.92 Å². The summed E-state index contributed by atoms with van der Waals surface area (Å²) in [4.78, 5) is 47.1. The van der Waals surface area contributed by atoms with Crippen LogP contribution in [0.2, 0.25) is 0 Å². The van der Waals surface area contributed by atoms with Crippen LogP contribution in [0.1, 0.15) is 29.0 Å². The number of primary amides is 1. The number of aryl methyl sites for hydroxylation is 1. The molecule has 0 radical (unpaired) electrons. The van der Waals surface area contributed by atoms with Gasteiger partial charge < -0.3 is 34.7 Å². The number of aromatic nitrogens is 4. The van der Waals surface area contributed by atoms with Crippen LogP contribution in [0.4, 0.5) is 21.4 Å². The number of amides is 2. The van der Waals surface area contributed by atoms with Gasteiger partial charge in [0.05, 0.1) is 30.1 Å². The van der Waals surface area contributed by atoms with Crippen LogP contribution in [-0.4, -0.2) is 77.4 Å². The molecule has 1 unspecified atom stereocenters. The van der Waals surface area contributed by atoms with E-state index < -0.39 is 12.0 Å². The highest BCUT2D eigenvalue weighted by Gasteiger charge is 2.27. The molecule has 2 aliphatic heterocycles. The zero-order valence-corrected chi connectivity index (χ0v) is 22.6. The fourth-order valence-corrected chi connectivity index (χ4v) is 5.83. The minimum absolute atomic E-state index is 0.127. The number of fused-ring (bicyclic) bond motifs is 1. The van der Waals surface area contributed by atoms with Crippen molar-refractivity contribution in [1.82, 2.24) is 19.9 Å². The number of nitrogens with one attached hydrogen (secondary N) is 1. The number of morpholine rings is 1. The zero-order valence-electron chi connectivity index (χ0n) is 21.8. The Morgan fingerprint density at radius 3 is 2.80 bits per heavy atom. The van der Waals surface area contributed by atoms with Gasteiger partial charge in [-0.25, -0.2) is 14.8 Å². The van der Waals surface area contributed by atoms with Crippen LogP contribution in [0.3, 0.4) is 0 Å². The highest BCUT2D eigenvalue weighted by molar-refractivity contribution is 7.22. The SMILES string of the molecule is Cc1cc(-c2nc(C(=O)Nc3cc4sc(N5CCOCC5)nc4nc3N3CCCC(OC(N)=O)C3)co2)ccn1. The van der Waals surface area contributed by atoms with E-state index in [1.54, 1.807) is 12.3 Å². The van der Waals surface area contributed by atoms with Crippen LogP contribution >= 0.6 is 11.3 Å². The van der Waals surface area contributed by atoms with Gasteiger partial charge in [-0.2, -0.15) is 4.98 Å². The summed E-state index contributed by atoms with van der Waals surface area (Å²) in [5.74, 6) is 0.415. The van der Waals surface area contributed by atoms with Crippen LogP contribution in [0.15, 0.2) is 35.1 Å². The quantitative estimate of drug-likeness (QED) is 0.354. The second kappa shape index (κ2) is 11.1. The van der Waals surface area contributed by atoms with E-state index in [9.17, 15) is 9.59 Å². The molecule has 6 rings (SSSR count). The first-order valence-electron chi connectivity index (χ1n) is 13.0. The van der Waals surface area contributed by atoms with Crippen molar-refractivity contribution in [3.8, 4) is 11.5 Å². The number of hydrogen-bond donors (Lipinski definition) is 2. The van der Waals surface area contributed by atoms with Crippen molar-refractivity contribution in [2.24, 2.45) is 5.73 Å². The minimum Gasteiger partial charge on any atom is -0.445 e. The average Bonchev–Trinajstić information content (AvgIpc) is 3.61. The molecule has 14 heteroatoms. The van der Waals surface area contributed by atoms with Crippen molar-refractivity contribution in [3.63, 3.8) is 0 Å². The van der Waals surface area contributed by atoms with Crippen molar-refractivity contribution in [2.45, 2.75) is 25.9 Å². The number of carbonyl (C=O) groups is 2. The number of anilines is 3. The first-order chi connectivity index (χ1) is 19.4. The topological polar surface area (TPSA) is 162 Å². The summed E-state index contributed by atoms with van der Waals surface area (Å²) in [5.41, 5.74) is 8.02. The number of ether oxygens (including phenoxy) is 2. The van der Waals surface area contributed by atoms with E-state index in [4.69, 9.17) is 29.6 Å². The largest absolute Gasteiger partial charge is 0.445 e. The number of pyridine rings is 2. The summed E-state index contributed by atoms with van der Waals surface area (Å²) in [5, 5.41) is 3.82. The number of rotatable bonds is 6. The maximum atomic E-state index is 13.3. The van der Waals surface area contributed by atoms with Crippen molar-refractivity contribution >= 4 is 50.3 Å². The van der Waals surface area contributed by atoms with Gasteiger partial charge in [-0.1, -0.05) is 11.3 Å². The molecule has 0 saturated carbocycles. The fourth-order valence-electron chi connectivity index (χ4n) is 4.83. The first-order valence-corrected chi connectivity index (χ1v) is 13.8. The van der Waals surface area contributed by atoms with E-state index in [-0.39, 0.29) is 11.8 Å². The molecule has 40 heavy (non-hydrogen) atoms. The summed E-state index contributed by atoms with van der Waals surface area (Å²) >= 11 is 1.51. The molecule has 2 fully saturated rings. The molecule has 4 aromatic rings. The Morgan fingerprint density at radius 1 is 1.15 bits per heavy atom. The lowest BCUT2D eigenvalue weighted by atomic mass is 10.1. The standard InChI is InChI=1S/C26H28N8O5S/c1-15-11-16(4-5-28-15)24-30-19(14-38-24)23(35)29-18-12-20-21(32-26(40-20)33-7-9-37-10-8-33)31-22(18)34-6-2-3-17(13-34)39-25(27)36/h4-5,11-12,14,17H,2-3,6-10,13H2,1H3,(H2,27,36)(H,29,35). The lowest BCUT2D eigenvalue weighted by molar-refractivity contribution is 0.0964. The summed E-state index contributed by atoms with van der Waals surface area (Å²) in [6.07, 6.45) is 3.25. The third-order valence-corrected chi connectivity index (χ3v) is 7.77. The Hall–Kier alpha value is -4.30. The van der Waals surface area contributed by atoms with Gasteiger partial charge in [0.1, 0.15) is 12.4 Å². The normalized spacial score (nSPS) is 17.7. The van der Waals surface area contributed by atoms with E-state index in [1.807, 2.05) is 24.0 Å². The molecule has 13 nitrogen and oxygen atoms in total. The van der Waals surface area contributed by atoms with E-state index >= 15 is 0 Å². The maximum Gasteiger partial charge on any atom is 0.404 e. The predicted molar refractivity (Wildman–Crippen MR) is 149 cm³/mol. The molecular formula is C26H28N8O5S. The molecule has 6 heterocycles. The van der Waals surface area contributed by atoms with E-state index in [2.05, 4.69) is 20.2 Å². The Kier molecular flexibility index (Phi) is 7.17. The number of nitrogens with zero attached hydrogens (tertiary/aromatic N) is 6. The molecule has 0 aliphatic carbocycles. The van der Waals surface area contributed by atoms with Gasteiger partial charge in [-0.15, -0.1) is 0 Å². The molecule has 2 aliphatic rings. The highest BCUT2D eigenvalue weighted by atomic mass is 32.1. The Morgan fingerprint density at radius 2 is 2.00 bits per heavy atom. The van der Waals surface area contributed by atoms with Crippen molar-refractivity contribution in [3.05, 3.63) is 42.0 Å². The first kappa shape index (κ1) is 26.0. The number of thiazole rings is 1. The zero-order chi connectivity index (χ0) is 27.6. The summed E-state index contributed by atoms with van der Waals surface area (Å²) in [6.45, 7) is 5.71. The third kappa shape index (κ3) is 5.53. The van der Waals surface area contributed by atoms with Crippen LogP contribution in [0.5, 0.6) is 0 Å². The van der Waals surface area contributed by atoms with Crippen LogP contribution < -0.4 is 20.9 Å². The molecule has 1 atom stereocenters. The van der Waals surface area contributed by atoms with Crippen LogP contribution in [-0.2, 0) is 9.47 Å². The van der Waals surface area contributed by atoms with Crippen molar-refractivity contribution in [1.29, 1.82) is 0 Å². The lowest BCUT2D eigenvalue weighted by Crippen LogP contribution is -2.42. The second-order valence-electron chi connectivity index (χ2n) is 9.60. The summed E-state index contributed by atoms with van der Waals surface area (Å²) < 4.78 is 17.2. The molecule has 3 N–H and O–H groups in total. The number of hydrogen-bond acceptors (Lipinski definition) is 12. The van der Waals surface area contributed by atoms with Gasteiger partial charge >= 0.3 is 6.09 Å². The summed E-state index contributed by atoms with van der Waals surface area (Å²) in [6, 6.07) is 5.48. The Bertz CT molecular complexity index is 1550. The highest BCUT2D eigenvalue weighted by Crippen LogP contribution is 2.36. The fraction of sp³-hybridized carbons (Fsp3) is 0.385. The van der Waals surface area contributed by atoms with Gasteiger partial charge in [0, 0.05) is 37.1 Å². The molecule has 0 spiro atoms. The smallest absolute Gasteiger partial charge is 0.404 e. The molecule has 4 aromatic heterocycles. The molecule has 2 amide bonds. The van der Waals surface area contributed by atoms with Crippen LogP contribution in [0.25, 0.3) is 21.8 Å². The van der Waals surface area contributed by atoms with Crippen molar-refractivity contribution in [2.75, 3.05) is 54.5 Å². The molecular weight excluding hydrogens is 536 g/mol. The number of nitrogens with two attached hydrogens (primary N) is 1. The van der Waals surface area contributed by atoms with Gasteiger partial charge in [0.15, 0.2) is 22.3 Å². The molecule has 2 saturated heterocycles. The lowest BCUT2D eigenvalue weighted by Gasteiger charge is -2.33. The van der Waals surface area contributed by atoms with Gasteiger partial charge in [0.2, 0.25) is 5.89 Å². The van der Waals surface area contributed by atoms with Gasteiger partial charge in [-0.3, -0.25) is 9.78 Å². The van der Waals surface area contributed by atoms with E-state index in [0.29, 0.717) is 55.8 Å². The average molecular weight is 565 g/mol. The third-order valence-electron chi connectivity index (χ3n) is 6.72. The number of oxazole rings is 1. The van der Waals surface area contributed by atoms with E-state index in [0.717, 1.165) is 40.6 Å². The van der Waals surface area contributed by atoms with Gasteiger partial charge in [0.25, 0.3) is 5.91 Å². The van der Waals surface area contributed by atoms with Crippen molar-refractivity contribution < 1.29 is 23.5 Å². The number of piperidine rings is 1. The Balaban J connectivity index is 1.32. The number of carbonyl (C=O) groups excluding carboxylic acids is 2. The summed E-state index contributed by atoms with van der Waals surface area (Å²) in [7, 11) is 0. The molecule has 0 bridgehead atoms. The van der Waals surface area contributed by atoms with E-state index in [1.165, 1.54) is 17.6 Å². The monoisotopic (exact) mass is 564 g/mol. The molecule has 208 valence electrons. The van der Waals surface area contributed by atoms with Gasteiger partial charge in [-0.05, 0) is 38.0 Å².